The Morgan fingerprint density at radius 1 is 0.605 bits per heavy atom. The first-order valence-electron chi connectivity index (χ1n) is 27.1. The number of aliphatic hydroxyl groups excluding tert-OH is 1. The lowest BCUT2D eigenvalue weighted by molar-refractivity contribution is -0.181. The second-order valence-corrected chi connectivity index (χ2v) is 22.6. The molecule has 22 heteroatoms. The highest BCUT2D eigenvalue weighted by Gasteiger charge is 2.44. The number of cyclic esters (lactones) is 3. The van der Waals surface area contributed by atoms with Gasteiger partial charge in [-0.15, -0.1) is 0 Å². The lowest BCUT2D eigenvalue weighted by Gasteiger charge is -2.36. The van der Waals surface area contributed by atoms with E-state index in [0.29, 0.717) is 12.8 Å². The minimum absolute atomic E-state index is 0.0315. The highest BCUT2D eigenvalue weighted by atomic mass is 16.6. The summed E-state index contributed by atoms with van der Waals surface area (Å²) in [5.74, 6) is -11.3. The van der Waals surface area contributed by atoms with Crippen LogP contribution in [0.4, 0.5) is 0 Å². The van der Waals surface area contributed by atoms with Crippen LogP contribution >= 0.6 is 0 Å². The number of amides is 7. The molecule has 0 spiro atoms. The van der Waals surface area contributed by atoms with Crippen LogP contribution in [0, 0.1) is 41.4 Å². The van der Waals surface area contributed by atoms with Crippen LogP contribution in [0.15, 0.2) is 0 Å². The Balaban J connectivity index is 4.26. The number of carbonyl (C=O) groups excluding carboxylic acids is 10. The first-order valence-corrected chi connectivity index (χ1v) is 27.1. The van der Waals surface area contributed by atoms with Gasteiger partial charge in [0.2, 0.25) is 41.5 Å². The van der Waals surface area contributed by atoms with E-state index in [-0.39, 0.29) is 42.9 Å². The minimum atomic E-state index is -1.73. The van der Waals surface area contributed by atoms with Gasteiger partial charge in [-0.2, -0.15) is 0 Å². The summed E-state index contributed by atoms with van der Waals surface area (Å²) >= 11 is 0. The number of likely N-dealkylation sites (N-methyl/N-ethyl adjacent to an activating group) is 4. The van der Waals surface area contributed by atoms with E-state index in [2.05, 4.69) is 26.6 Å². The summed E-state index contributed by atoms with van der Waals surface area (Å²) in [7, 11) is 5.62. The van der Waals surface area contributed by atoms with Crippen molar-refractivity contribution in [2.75, 3.05) is 34.8 Å². The van der Waals surface area contributed by atoms with Gasteiger partial charge in [0.1, 0.15) is 42.4 Å². The lowest BCUT2D eigenvalue weighted by Crippen LogP contribution is -2.62. The van der Waals surface area contributed by atoms with E-state index in [1.165, 1.54) is 39.9 Å². The van der Waals surface area contributed by atoms with Crippen LogP contribution in [0.5, 0.6) is 0 Å². The van der Waals surface area contributed by atoms with Crippen molar-refractivity contribution in [3.05, 3.63) is 0 Å². The molecule has 76 heavy (non-hydrogen) atoms. The van der Waals surface area contributed by atoms with Crippen LogP contribution in [0.2, 0.25) is 0 Å². The molecule has 22 nitrogen and oxygen atoms in total. The summed E-state index contributed by atoms with van der Waals surface area (Å²) in [6.07, 6.45) is -3.62. The Morgan fingerprint density at radius 3 is 1.62 bits per heavy atom. The molecular weight excluding hydrogens is 985 g/mol. The molecule has 0 bridgehead atoms. The van der Waals surface area contributed by atoms with Crippen LogP contribution in [0.3, 0.4) is 0 Å². The number of hydrogen-bond acceptors (Lipinski definition) is 15. The van der Waals surface area contributed by atoms with E-state index >= 15 is 0 Å². The van der Waals surface area contributed by atoms with E-state index in [9.17, 15) is 53.1 Å². The maximum absolute atomic E-state index is 14.6. The molecule has 9 unspecified atom stereocenters. The SMILES string of the molecule is CCC(C)C(NC)C(=O)NC1C(=O)OC(C(C)C)C(=O)O[C@@H](CC(C)C)C(=O)NC([C@@H](C)CC)C(=O)N(C)C(CC(C)C)C(=O)N[C@@H](CO)C(=O)N(C)C(C(C)C)C(=O)N[C@@H](C)C(=O)N(C)C(CC(C)C)C(=O)OC1C. The highest BCUT2D eigenvalue weighted by molar-refractivity contribution is 5.97. The van der Waals surface area contributed by atoms with Crippen molar-refractivity contribution in [1.82, 2.24) is 41.3 Å². The fourth-order valence-electron chi connectivity index (χ4n) is 8.98. The van der Waals surface area contributed by atoms with E-state index in [4.69, 9.17) is 14.2 Å². The topological polar surface area (TPSA) is 288 Å². The number of aliphatic hydroxyl groups is 1. The first-order chi connectivity index (χ1) is 35.2. The highest BCUT2D eigenvalue weighted by Crippen LogP contribution is 2.23. The van der Waals surface area contributed by atoms with Gasteiger partial charge < -0.3 is 60.6 Å². The molecule has 0 aromatic carbocycles. The van der Waals surface area contributed by atoms with Crippen molar-refractivity contribution in [1.29, 1.82) is 0 Å². The standard InChI is InChI=1S/C54H96N8O14/c1-21-32(13)40(55-17)47(66)59-42-35(16)74-52(71)38(24-28(5)6)61(19)49(68)34(15)56-48(67)43(30(9)10)62(20)50(69)36(26-63)57-45(64)37(23-27(3)4)60(18)51(70)41(33(14)22-2)58-46(65)39(25-29(7)8)75-54(73)44(31(11)12)76-53(42)72/h27-44,55,63H,21-26H2,1-20H3,(H,56,67)(H,57,64)(H,58,65)(H,59,66)/t32?,33-,34-,35?,36-,37?,38?,39-,40?,41?,42?,43?,44?/m0/s1. The van der Waals surface area contributed by atoms with Crippen LogP contribution in [-0.4, -0.2) is 181 Å². The van der Waals surface area contributed by atoms with Gasteiger partial charge in [-0.1, -0.05) is 110 Å². The molecule has 0 aromatic heterocycles. The summed E-state index contributed by atoms with van der Waals surface area (Å²) in [6.45, 7) is 26.4. The zero-order valence-corrected chi connectivity index (χ0v) is 49.2. The van der Waals surface area contributed by atoms with Crippen molar-refractivity contribution >= 4 is 59.3 Å². The lowest BCUT2D eigenvalue weighted by atomic mass is 9.95. The molecule has 1 aliphatic heterocycles. The molecule has 7 amide bonds. The molecule has 1 heterocycles. The molecule has 0 aromatic rings. The summed E-state index contributed by atoms with van der Waals surface area (Å²) in [6, 6.07) is -10.5. The average Bonchev–Trinajstić information content (AvgIpc) is 3.33. The molecule has 436 valence electrons. The number of nitrogens with one attached hydrogen (secondary N) is 5. The largest absolute Gasteiger partial charge is 0.458 e. The Kier molecular flexibility index (Phi) is 28.7. The molecule has 6 N–H and O–H groups in total. The second kappa shape index (κ2) is 31.7. The third-order valence-electron chi connectivity index (χ3n) is 14.0. The molecule has 1 rings (SSSR count). The Hall–Kier alpha value is -5.38. The van der Waals surface area contributed by atoms with Crippen molar-refractivity contribution in [3.63, 3.8) is 0 Å². The number of nitrogens with zero attached hydrogens (tertiary/aromatic N) is 3. The third-order valence-corrected chi connectivity index (χ3v) is 14.0. The molecular formula is C54H96N8O14. The van der Waals surface area contributed by atoms with E-state index in [0.717, 1.165) is 9.80 Å². The number of carbonyl (C=O) groups is 10. The predicted octanol–water partition coefficient (Wildman–Crippen LogP) is 2.32. The number of hydrogen-bond donors (Lipinski definition) is 6. The van der Waals surface area contributed by atoms with Gasteiger partial charge in [0.25, 0.3) is 5.91 Å². The van der Waals surface area contributed by atoms with Crippen LogP contribution < -0.4 is 26.6 Å². The van der Waals surface area contributed by atoms with Gasteiger partial charge in [-0.05, 0) is 75.7 Å². The second-order valence-electron chi connectivity index (χ2n) is 22.6. The number of ether oxygens (including phenoxy) is 3. The van der Waals surface area contributed by atoms with E-state index in [1.807, 2.05) is 27.7 Å². The third kappa shape index (κ3) is 19.6. The normalized spacial score (nSPS) is 27.6. The summed E-state index contributed by atoms with van der Waals surface area (Å²) in [5, 5.41) is 24.2. The zero-order chi connectivity index (χ0) is 58.8. The van der Waals surface area contributed by atoms with Gasteiger partial charge in [0.15, 0.2) is 12.1 Å². The Bertz CT molecular complexity index is 1980. The Labute approximate surface area is 452 Å². The first kappa shape index (κ1) is 68.6. The monoisotopic (exact) mass is 1080 g/mol. The molecule has 13 atom stereocenters. The van der Waals surface area contributed by atoms with Crippen molar-refractivity contribution < 1.29 is 67.3 Å². The van der Waals surface area contributed by atoms with Crippen molar-refractivity contribution in [3.8, 4) is 0 Å². The van der Waals surface area contributed by atoms with Gasteiger partial charge in [-0.25, -0.2) is 14.4 Å². The van der Waals surface area contributed by atoms with Crippen molar-refractivity contribution in [2.45, 2.75) is 210 Å². The van der Waals surface area contributed by atoms with E-state index < -0.39 is 150 Å². The number of esters is 3. The van der Waals surface area contributed by atoms with Gasteiger partial charge in [-0.3, -0.25) is 33.6 Å². The predicted molar refractivity (Wildman–Crippen MR) is 285 cm³/mol. The maximum atomic E-state index is 14.6. The summed E-state index contributed by atoms with van der Waals surface area (Å²) < 4.78 is 17.7. The Morgan fingerprint density at radius 2 is 1.14 bits per heavy atom. The summed E-state index contributed by atoms with van der Waals surface area (Å²) in [5.41, 5.74) is 0. The van der Waals surface area contributed by atoms with Crippen LogP contribution in [-0.2, 0) is 62.2 Å². The van der Waals surface area contributed by atoms with Crippen molar-refractivity contribution in [2.24, 2.45) is 41.4 Å². The van der Waals surface area contributed by atoms with Crippen LogP contribution in [0.1, 0.15) is 143 Å². The maximum Gasteiger partial charge on any atom is 0.348 e. The molecule has 1 saturated heterocycles. The quantitative estimate of drug-likeness (QED) is 0.0956. The molecule has 0 radical (unpaired) electrons. The fraction of sp³-hybridized carbons (Fsp3) is 0.815. The molecule has 0 saturated carbocycles. The molecule has 1 aliphatic rings. The van der Waals surface area contributed by atoms with Gasteiger partial charge in [0, 0.05) is 27.1 Å². The van der Waals surface area contributed by atoms with Gasteiger partial charge >= 0.3 is 17.9 Å². The molecule has 1 fully saturated rings. The minimum Gasteiger partial charge on any atom is -0.458 e. The average molecular weight is 1080 g/mol. The zero-order valence-electron chi connectivity index (χ0n) is 49.2. The smallest absolute Gasteiger partial charge is 0.348 e. The van der Waals surface area contributed by atoms with E-state index in [1.54, 1.807) is 76.3 Å². The molecule has 0 aliphatic carbocycles. The van der Waals surface area contributed by atoms with Crippen LogP contribution in [0.25, 0.3) is 0 Å². The number of rotatable bonds is 16. The summed E-state index contributed by atoms with van der Waals surface area (Å²) in [4.78, 5) is 146. The van der Waals surface area contributed by atoms with Gasteiger partial charge in [0.05, 0.1) is 12.6 Å². The fourth-order valence-corrected chi connectivity index (χ4v) is 8.98.